The molecule has 0 spiro atoms. The van der Waals surface area contributed by atoms with Crippen molar-refractivity contribution in [1.82, 2.24) is 10.2 Å². The molecule has 1 heterocycles. The molecule has 0 saturated carbocycles. The van der Waals surface area contributed by atoms with Crippen molar-refractivity contribution in [2.75, 3.05) is 26.2 Å². The van der Waals surface area contributed by atoms with E-state index in [2.05, 4.69) is 17.1 Å². The fourth-order valence-electron chi connectivity index (χ4n) is 2.86. The predicted octanol–water partition coefficient (Wildman–Crippen LogP) is 2.48. The summed E-state index contributed by atoms with van der Waals surface area (Å²) in [5.41, 5.74) is 0.841. The zero-order valence-corrected chi connectivity index (χ0v) is 12.5. The monoisotopic (exact) mass is 278 g/mol. The average Bonchev–Trinajstić information content (AvgIpc) is 2.45. The van der Waals surface area contributed by atoms with Crippen LogP contribution < -0.4 is 5.32 Å². The van der Waals surface area contributed by atoms with E-state index in [1.54, 1.807) is 12.1 Å². The van der Waals surface area contributed by atoms with E-state index in [9.17, 15) is 10.2 Å². The van der Waals surface area contributed by atoms with Gasteiger partial charge in [0.25, 0.3) is 0 Å². The highest BCUT2D eigenvalue weighted by molar-refractivity contribution is 5.40. The fraction of sp³-hybridized carbons (Fsp3) is 0.625. The Morgan fingerprint density at radius 3 is 2.60 bits per heavy atom. The molecule has 0 radical (unpaired) electrons. The normalized spacial score (nSPS) is 19.1. The molecule has 0 aliphatic carbocycles. The van der Waals surface area contributed by atoms with Crippen LogP contribution in [0.5, 0.6) is 11.5 Å². The second-order valence-electron chi connectivity index (χ2n) is 5.75. The van der Waals surface area contributed by atoms with Gasteiger partial charge in [0.2, 0.25) is 0 Å². The lowest BCUT2D eigenvalue weighted by Crippen LogP contribution is -2.37. The van der Waals surface area contributed by atoms with Crippen LogP contribution in [0.15, 0.2) is 18.2 Å². The van der Waals surface area contributed by atoms with Crippen molar-refractivity contribution in [3.8, 4) is 11.5 Å². The summed E-state index contributed by atoms with van der Waals surface area (Å²) in [5.74, 6) is 0.982. The number of aromatic hydroxyl groups is 2. The average molecular weight is 278 g/mol. The second kappa shape index (κ2) is 6.95. The summed E-state index contributed by atoms with van der Waals surface area (Å²) >= 11 is 0. The Labute approximate surface area is 121 Å². The third-order valence-electron chi connectivity index (χ3n) is 4.35. The molecule has 1 atom stereocenters. The quantitative estimate of drug-likeness (QED) is 0.774. The number of hydrogen-bond acceptors (Lipinski definition) is 4. The van der Waals surface area contributed by atoms with Crippen molar-refractivity contribution in [2.45, 2.75) is 32.7 Å². The van der Waals surface area contributed by atoms with Crippen LogP contribution in [-0.2, 0) is 0 Å². The van der Waals surface area contributed by atoms with Crippen LogP contribution in [0.4, 0.5) is 0 Å². The minimum atomic E-state index is 0.0970. The van der Waals surface area contributed by atoms with E-state index < -0.39 is 0 Å². The van der Waals surface area contributed by atoms with Gasteiger partial charge in [0.1, 0.15) is 11.5 Å². The van der Waals surface area contributed by atoms with Crippen LogP contribution in [-0.4, -0.2) is 41.3 Å². The van der Waals surface area contributed by atoms with E-state index in [4.69, 9.17) is 0 Å². The number of phenols is 2. The number of rotatable bonds is 5. The number of benzene rings is 1. The van der Waals surface area contributed by atoms with Gasteiger partial charge in [-0.15, -0.1) is 0 Å². The highest BCUT2D eigenvalue weighted by Crippen LogP contribution is 2.28. The molecule has 2 rings (SSSR count). The van der Waals surface area contributed by atoms with Gasteiger partial charge in [0, 0.05) is 17.7 Å². The molecule has 1 aliphatic rings. The first-order valence-corrected chi connectivity index (χ1v) is 7.57. The number of phenolic OH excluding ortho intramolecular Hbond substituents is 2. The van der Waals surface area contributed by atoms with E-state index in [0.29, 0.717) is 0 Å². The summed E-state index contributed by atoms with van der Waals surface area (Å²) in [7, 11) is 0. The minimum Gasteiger partial charge on any atom is -0.508 e. The third kappa shape index (κ3) is 3.87. The highest BCUT2D eigenvalue weighted by atomic mass is 16.3. The lowest BCUT2D eigenvalue weighted by molar-refractivity contribution is 0.188. The van der Waals surface area contributed by atoms with Crippen LogP contribution in [0.3, 0.4) is 0 Å². The summed E-state index contributed by atoms with van der Waals surface area (Å²) < 4.78 is 0. The number of piperidine rings is 1. The van der Waals surface area contributed by atoms with E-state index in [1.807, 2.05) is 6.92 Å². The molecule has 1 aromatic carbocycles. The van der Waals surface area contributed by atoms with Gasteiger partial charge in [-0.2, -0.15) is 0 Å². The van der Waals surface area contributed by atoms with E-state index in [-0.39, 0.29) is 17.5 Å². The summed E-state index contributed by atoms with van der Waals surface area (Å²) in [4.78, 5) is 2.49. The summed E-state index contributed by atoms with van der Waals surface area (Å²) in [6.45, 7) is 8.79. The smallest absolute Gasteiger partial charge is 0.124 e. The maximum absolute atomic E-state index is 9.86. The topological polar surface area (TPSA) is 55.7 Å². The third-order valence-corrected chi connectivity index (χ3v) is 4.35. The fourth-order valence-corrected chi connectivity index (χ4v) is 2.86. The molecule has 1 unspecified atom stereocenters. The molecular weight excluding hydrogens is 252 g/mol. The number of nitrogens with zero attached hydrogens (tertiary/aromatic N) is 1. The number of likely N-dealkylation sites (tertiary alicyclic amines) is 1. The molecule has 20 heavy (non-hydrogen) atoms. The maximum Gasteiger partial charge on any atom is 0.124 e. The zero-order valence-electron chi connectivity index (χ0n) is 12.5. The SMILES string of the molecule is CCN1CCC(CNC(C)c2ccc(O)cc2O)CC1. The van der Waals surface area contributed by atoms with Crippen LogP contribution in [0.25, 0.3) is 0 Å². The van der Waals surface area contributed by atoms with Gasteiger partial charge in [0.05, 0.1) is 0 Å². The predicted molar refractivity (Wildman–Crippen MR) is 81.0 cm³/mol. The Bertz CT molecular complexity index is 428. The van der Waals surface area contributed by atoms with Gasteiger partial charge >= 0.3 is 0 Å². The largest absolute Gasteiger partial charge is 0.508 e. The summed E-state index contributed by atoms with van der Waals surface area (Å²) in [6.07, 6.45) is 2.49. The van der Waals surface area contributed by atoms with Crippen LogP contribution in [0, 0.1) is 5.92 Å². The Balaban J connectivity index is 1.82. The van der Waals surface area contributed by atoms with Crippen LogP contribution >= 0.6 is 0 Å². The molecule has 4 nitrogen and oxygen atoms in total. The van der Waals surface area contributed by atoms with E-state index in [1.165, 1.54) is 32.0 Å². The summed E-state index contributed by atoms with van der Waals surface area (Å²) in [5, 5.41) is 22.7. The molecule has 4 heteroatoms. The Hall–Kier alpha value is -1.26. The first kappa shape index (κ1) is 15.1. The second-order valence-corrected chi connectivity index (χ2v) is 5.75. The van der Waals surface area contributed by atoms with Gasteiger partial charge in [0.15, 0.2) is 0 Å². The molecular formula is C16H26N2O2. The van der Waals surface area contributed by atoms with Crippen LogP contribution in [0.1, 0.15) is 38.3 Å². The van der Waals surface area contributed by atoms with E-state index >= 15 is 0 Å². The minimum absolute atomic E-state index is 0.0970. The Morgan fingerprint density at radius 2 is 2.00 bits per heavy atom. The lowest BCUT2D eigenvalue weighted by Gasteiger charge is -2.31. The first-order valence-electron chi connectivity index (χ1n) is 7.57. The molecule has 0 amide bonds. The number of nitrogens with one attached hydrogen (secondary N) is 1. The molecule has 1 aromatic rings. The van der Waals surface area contributed by atoms with Gasteiger partial charge < -0.3 is 20.4 Å². The van der Waals surface area contributed by atoms with Crippen molar-refractivity contribution in [1.29, 1.82) is 0 Å². The van der Waals surface area contributed by atoms with Crippen molar-refractivity contribution in [3.05, 3.63) is 23.8 Å². The summed E-state index contributed by atoms with van der Waals surface area (Å²) in [6, 6.07) is 4.89. The first-order chi connectivity index (χ1) is 9.60. The van der Waals surface area contributed by atoms with Gasteiger partial charge in [-0.05, 0) is 57.9 Å². The van der Waals surface area contributed by atoms with Crippen LogP contribution in [0.2, 0.25) is 0 Å². The highest BCUT2D eigenvalue weighted by Gasteiger charge is 2.19. The standard InChI is InChI=1S/C16H26N2O2/c1-3-18-8-6-13(7-9-18)11-17-12(2)15-5-4-14(19)10-16(15)20/h4-5,10,12-13,17,19-20H,3,6-9,11H2,1-2H3. The zero-order chi connectivity index (χ0) is 14.5. The number of hydrogen-bond donors (Lipinski definition) is 3. The van der Waals surface area contributed by atoms with Crippen molar-refractivity contribution >= 4 is 0 Å². The molecule has 112 valence electrons. The van der Waals surface area contributed by atoms with Crippen molar-refractivity contribution < 1.29 is 10.2 Å². The van der Waals surface area contributed by atoms with Crippen molar-refractivity contribution in [2.24, 2.45) is 5.92 Å². The van der Waals surface area contributed by atoms with E-state index in [0.717, 1.165) is 24.6 Å². The molecule has 0 aromatic heterocycles. The van der Waals surface area contributed by atoms with Gasteiger partial charge in [-0.3, -0.25) is 0 Å². The van der Waals surface area contributed by atoms with Crippen molar-refractivity contribution in [3.63, 3.8) is 0 Å². The molecule has 1 aliphatic heterocycles. The Kier molecular flexibility index (Phi) is 5.26. The maximum atomic E-state index is 9.86. The molecule has 1 fully saturated rings. The Morgan fingerprint density at radius 1 is 1.30 bits per heavy atom. The van der Waals surface area contributed by atoms with Gasteiger partial charge in [-0.25, -0.2) is 0 Å². The molecule has 0 bridgehead atoms. The lowest BCUT2D eigenvalue weighted by atomic mass is 9.96. The molecule has 1 saturated heterocycles. The van der Waals surface area contributed by atoms with Gasteiger partial charge in [-0.1, -0.05) is 13.0 Å². The molecule has 3 N–H and O–H groups in total.